The molecule has 2 aromatic carbocycles. The highest BCUT2D eigenvalue weighted by molar-refractivity contribution is 7.80. The number of benzene rings is 2. The molecule has 0 heterocycles. The van der Waals surface area contributed by atoms with Crippen molar-refractivity contribution in [1.82, 2.24) is 10.6 Å². The van der Waals surface area contributed by atoms with Crippen LogP contribution in [-0.4, -0.2) is 23.2 Å². The summed E-state index contributed by atoms with van der Waals surface area (Å²) in [4.78, 5) is 0. The summed E-state index contributed by atoms with van der Waals surface area (Å²) in [6.07, 6.45) is 11.4. The maximum absolute atomic E-state index is 6.30. The molecule has 0 spiro atoms. The first kappa shape index (κ1) is 22.2. The van der Waals surface area contributed by atoms with Crippen molar-refractivity contribution in [2.75, 3.05) is 0 Å². The number of allylic oxidation sites excluding steroid dienone is 2. The van der Waals surface area contributed by atoms with Crippen molar-refractivity contribution >= 4 is 35.9 Å². The minimum Gasteiger partial charge on any atom is -0.359 e. The molecule has 4 N–H and O–H groups in total. The summed E-state index contributed by atoms with van der Waals surface area (Å²) in [5, 5.41) is 12.0. The SMILES string of the molecule is C[C@@H](NC(=S)N[C@H]1CCCC[C@@H]1N)[C@@H]1C=CC=C1P(c1ccccc1)c1ccccc1. The summed E-state index contributed by atoms with van der Waals surface area (Å²) in [5.41, 5.74) is 6.30. The summed E-state index contributed by atoms with van der Waals surface area (Å²) >= 11 is 5.67. The maximum atomic E-state index is 6.30. The van der Waals surface area contributed by atoms with Gasteiger partial charge >= 0.3 is 0 Å². The topological polar surface area (TPSA) is 50.1 Å². The highest BCUT2D eigenvalue weighted by Gasteiger charge is 2.30. The van der Waals surface area contributed by atoms with Gasteiger partial charge in [-0.2, -0.15) is 0 Å². The van der Waals surface area contributed by atoms with Crippen LogP contribution >= 0.6 is 20.1 Å². The highest BCUT2D eigenvalue weighted by atomic mass is 32.1. The van der Waals surface area contributed by atoms with Crippen molar-refractivity contribution in [1.29, 1.82) is 0 Å². The van der Waals surface area contributed by atoms with Gasteiger partial charge in [0.15, 0.2) is 5.11 Å². The molecule has 0 aromatic heterocycles. The summed E-state index contributed by atoms with van der Waals surface area (Å²) in [6, 6.07) is 22.4. The zero-order chi connectivity index (χ0) is 21.6. The third-order valence-electron chi connectivity index (χ3n) is 6.25. The Kier molecular flexibility index (Phi) is 7.55. The maximum Gasteiger partial charge on any atom is 0.166 e. The van der Waals surface area contributed by atoms with Crippen molar-refractivity contribution in [2.24, 2.45) is 11.7 Å². The quantitative estimate of drug-likeness (QED) is 0.454. The van der Waals surface area contributed by atoms with E-state index >= 15 is 0 Å². The molecule has 4 atom stereocenters. The molecule has 0 aliphatic heterocycles. The van der Waals surface area contributed by atoms with Crippen LogP contribution in [0.25, 0.3) is 0 Å². The van der Waals surface area contributed by atoms with Crippen LogP contribution in [0.15, 0.2) is 84.2 Å². The van der Waals surface area contributed by atoms with Gasteiger partial charge in [0.05, 0.1) is 0 Å². The van der Waals surface area contributed by atoms with Gasteiger partial charge in [0.2, 0.25) is 0 Å². The van der Waals surface area contributed by atoms with E-state index in [9.17, 15) is 0 Å². The highest BCUT2D eigenvalue weighted by Crippen LogP contribution is 2.49. The predicted octanol–water partition coefficient (Wildman–Crippen LogP) is 4.31. The molecule has 0 saturated heterocycles. The first-order valence-electron chi connectivity index (χ1n) is 11.2. The normalized spacial score (nSPS) is 24.0. The molecular weight excluding hydrogens is 417 g/mol. The average molecular weight is 450 g/mol. The molecule has 2 aliphatic rings. The molecule has 2 aliphatic carbocycles. The van der Waals surface area contributed by atoms with Crippen LogP contribution in [0.5, 0.6) is 0 Å². The first-order valence-corrected chi connectivity index (χ1v) is 13.0. The van der Waals surface area contributed by atoms with Crippen molar-refractivity contribution in [3.63, 3.8) is 0 Å². The van der Waals surface area contributed by atoms with Crippen LogP contribution in [0.1, 0.15) is 32.6 Å². The van der Waals surface area contributed by atoms with Crippen molar-refractivity contribution in [2.45, 2.75) is 50.7 Å². The van der Waals surface area contributed by atoms with Gasteiger partial charge in [-0.3, -0.25) is 0 Å². The Morgan fingerprint density at radius 1 is 1.00 bits per heavy atom. The number of nitrogens with one attached hydrogen (secondary N) is 2. The second-order valence-electron chi connectivity index (χ2n) is 8.47. The number of rotatable bonds is 6. The Morgan fingerprint density at radius 3 is 2.23 bits per heavy atom. The van der Waals surface area contributed by atoms with Crippen LogP contribution in [0.3, 0.4) is 0 Å². The fourth-order valence-electron chi connectivity index (χ4n) is 4.58. The van der Waals surface area contributed by atoms with Crippen molar-refractivity contribution < 1.29 is 0 Å². The van der Waals surface area contributed by atoms with E-state index in [0.29, 0.717) is 5.92 Å². The average Bonchev–Trinajstić information content (AvgIpc) is 3.26. The second kappa shape index (κ2) is 10.5. The van der Waals surface area contributed by atoms with Gasteiger partial charge in [-0.15, -0.1) is 0 Å². The van der Waals surface area contributed by atoms with E-state index in [-0.39, 0.29) is 18.1 Å². The minimum absolute atomic E-state index is 0.189. The van der Waals surface area contributed by atoms with Crippen LogP contribution in [0.2, 0.25) is 0 Å². The summed E-state index contributed by atoms with van der Waals surface area (Å²) < 4.78 is 0. The smallest absolute Gasteiger partial charge is 0.166 e. The van der Waals surface area contributed by atoms with E-state index in [1.807, 2.05) is 0 Å². The standard InChI is InChI=1S/C26H32N3PS/c1-19(28-26(31)29-24-17-9-8-16-23(24)27)22-15-10-18-25(22)30(20-11-4-2-5-12-20)21-13-6-3-7-14-21/h2-7,10-15,18-19,22-24H,8-9,16-17,27H2,1H3,(H2,28,29,31)/t19-,22+,23+,24+/m1/s1. The molecule has 0 amide bonds. The lowest BCUT2D eigenvalue weighted by Gasteiger charge is -2.33. The molecule has 0 bridgehead atoms. The van der Waals surface area contributed by atoms with Crippen molar-refractivity contribution in [3.8, 4) is 0 Å². The van der Waals surface area contributed by atoms with E-state index in [2.05, 4.69) is 96.4 Å². The third-order valence-corrected chi connectivity index (χ3v) is 9.08. The zero-order valence-corrected chi connectivity index (χ0v) is 19.8. The van der Waals surface area contributed by atoms with Gasteiger partial charge < -0.3 is 16.4 Å². The number of hydrogen-bond acceptors (Lipinski definition) is 2. The van der Waals surface area contributed by atoms with E-state index in [0.717, 1.165) is 18.0 Å². The lowest BCUT2D eigenvalue weighted by Crippen LogP contribution is -2.54. The molecule has 162 valence electrons. The predicted molar refractivity (Wildman–Crippen MR) is 138 cm³/mol. The van der Waals surface area contributed by atoms with Crippen LogP contribution in [0.4, 0.5) is 0 Å². The van der Waals surface area contributed by atoms with E-state index < -0.39 is 7.92 Å². The largest absolute Gasteiger partial charge is 0.359 e. The molecule has 4 rings (SSSR count). The number of hydrogen-bond donors (Lipinski definition) is 3. The summed E-state index contributed by atoms with van der Waals surface area (Å²) in [6.45, 7) is 2.23. The second-order valence-corrected chi connectivity index (χ2v) is 11.1. The molecular formula is C26H32N3PS. The number of nitrogens with two attached hydrogens (primary N) is 1. The monoisotopic (exact) mass is 449 g/mol. The molecule has 31 heavy (non-hydrogen) atoms. The Morgan fingerprint density at radius 2 is 1.61 bits per heavy atom. The van der Waals surface area contributed by atoms with Crippen LogP contribution in [-0.2, 0) is 0 Å². The molecule has 1 fully saturated rings. The third kappa shape index (κ3) is 5.44. The summed E-state index contributed by atoms with van der Waals surface area (Å²) in [7, 11) is -0.597. The lowest BCUT2D eigenvalue weighted by molar-refractivity contribution is 0.358. The Bertz CT molecular complexity index is 889. The van der Waals surface area contributed by atoms with Gasteiger partial charge in [0.25, 0.3) is 0 Å². The van der Waals surface area contributed by atoms with Gasteiger partial charge in [-0.25, -0.2) is 0 Å². The Hall–Kier alpha value is -2.00. The summed E-state index contributed by atoms with van der Waals surface area (Å²) in [5.74, 6) is 0.298. The van der Waals surface area contributed by atoms with Crippen molar-refractivity contribution in [3.05, 3.63) is 84.2 Å². The van der Waals surface area contributed by atoms with Crippen LogP contribution < -0.4 is 27.0 Å². The zero-order valence-electron chi connectivity index (χ0n) is 18.1. The molecule has 0 radical (unpaired) electrons. The molecule has 3 nitrogen and oxygen atoms in total. The van der Waals surface area contributed by atoms with E-state index in [4.69, 9.17) is 18.0 Å². The van der Waals surface area contributed by atoms with E-state index in [1.54, 1.807) is 0 Å². The fourth-order valence-corrected chi connectivity index (χ4v) is 7.59. The van der Waals surface area contributed by atoms with Gasteiger partial charge in [-0.05, 0) is 55.8 Å². The van der Waals surface area contributed by atoms with Crippen LogP contribution in [0, 0.1) is 5.92 Å². The Balaban J connectivity index is 1.50. The number of thiocarbonyl (C=S) groups is 1. The fraction of sp³-hybridized carbons (Fsp3) is 0.346. The molecule has 2 aromatic rings. The Labute approximate surface area is 193 Å². The van der Waals surface area contributed by atoms with Gasteiger partial charge in [0.1, 0.15) is 0 Å². The molecule has 1 saturated carbocycles. The molecule has 0 unspecified atom stereocenters. The van der Waals surface area contributed by atoms with E-state index in [1.165, 1.54) is 28.8 Å². The minimum atomic E-state index is -0.597. The van der Waals surface area contributed by atoms with Gasteiger partial charge in [-0.1, -0.05) is 91.7 Å². The molecule has 5 heteroatoms. The van der Waals surface area contributed by atoms with Gasteiger partial charge in [0, 0.05) is 24.0 Å². The lowest BCUT2D eigenvalue weighted by atomic mass is 9.91. The first-order chi connectivity index (χ1) is 15.1.